The van der Waals surface area contributed by atoms with Gasteiger partial charge in [0.15, 0.2) is 0 Å². The van der Waals surface area contributed by atoms with Crippen LogP contribution in [0.2, 0.25) is 0 Å². The van der Waals surface area contributed by atoms with Gasteiger partial charge in [-0.2, -0.15) is 12.6 Å². The van der Waals surface area contributed by atoms with Crippen LogP contribution in [0.5, 0.6) is 0 Å². The van der Waals surface area contributed by atoms with E-state index in [1.165, 1.54) is 25.7 Å². The summed E-state index contributed by atoms with van der Waals surface area (Å²) in [4.78, 5) is 0. The number of hydrogen-bond acceptors (Lipinski definition) is 3. The van der Waals surface area contributed by atoms with Crippen molar-refractivity contribution in [2.45, 2.75) is 45.6 Å². The lowest BCUT2D eigenvalue weighted by molar-refractivity contribution is -0.00463. The second-order valence-electron chi connectivity index (χ2n) is 4.84. The molecule has 0 amide bonds. The van der Waals surface area contributed by atoms with Gasteiger partial charge in [-0.15, -0.1) is 0 Å². The molecule has 1 saturated carbocycles. The third-order valence-electron chi connectivity index (χ3n) is 3.09. The summed E-state index contributed by atoms with van der Waals surface area (Å²) in [7, 11) is 0. The lowest BCUT2D eigenvalue weighted by Crippen LogP contribution is -2.26. The Kier molecular flexibility index (Phi) is 6.02. The minimum absolute atomic E-state index is 0.305. The average molecular weight is 232 g/mol. The summed E-state index contributed by atoms with van der Waals surface area (Å²) in [6, 6.07) is 0. The lowest BCUT2D eigenvalue weighted by Gasteiger charge is -2.26. The third kappa shape index (κ3) is 4.75. The molecule has 1 fully saturated rings. The normalized spacial score (nSPS) is 20.0. The minimum Gasteiger partial charge on any atom is -0.378 e. The van der Waals surface area contributed by atoms with Gasteiger partial charge in [-0.05, 0) is 32.4 Å². The molecular weight excluding hydrogens is 208 g/mol. The van der Waals surface area contributed by atoms with E-state index in [9.17, 15) is 0 Å². The van der Waals surface area contributed by atoms with E-state index < -0.39 is 0 Å². The lowest BCUT2D eigenvalue weighted by atomic mass is 9.90. The fourth-order valence-electron chi connectivity index (χ4n) is 2.10. The first kappa shape index (κ1) is 13.3. The van der Waals surface area contributed by atoms with Crippen LogP contribution in [0.15, 0.2) is 0 Å². The van der Waals surface area contributed by atoms with Gasteiger partial charge in [-0.25, -0.2) is 0 Å². The predicted octanol–water partition coefficient (Wildman–Crippen LogP) is 2.92. The highest BCUT2D eigenvalue weighted by Gasteiger charge is 2.32. The van der Waals surface area contributed by atoms with Crippen LogP contribution < -0.4 is 0 Å². The van der Waals surface area contributed by atoms with Crippen LogP contribution >= 0.6 is 12.6 Å². The van der Waals surface area contributed by atoms with Crippen molar-refractivity contribution in [2.24, 2.45) is 5.41 Å². The van der Waals surface area contributed by atoms with Crippen molar-refractivity contribution in [1.29, 1.82) is 0 Å². The molecule has 1 aliphatic carbocycles. The number of thiol groups is 1. The molecule has 0 aliphatic heterocycles. The Labute approximate surface area is 99.1 Å². The van der Waals surface area contributed by atoms with E-state index in [2.05, 4.69) is 12.6 Å². The zero-order valence-electron chi connectivity index (χ0n) is 10.00. The van der Waals surface area contributed by atoms with E-state index in [4.69, 9.17) is 9.47 Å². The molecule has 0 radical (unpaired) electrons. The maximum Gasteiger partial charge on any atom is 0.0703 e. The van der Waals surface area contributed by atoms with Gasteiger partial charge in [0.2, 0.25) is 0 Å². The molecule has 0 bridgehead atoms. The topological polar surface area (TPSA) is 18.5 Å². The summed E-state index contributed by atoms with van der Waals surface area (Å²) in [5, 5.41) is 0. The van der Waals surface area contributed by atoms with Crippen molar-refractivity contribution in [1.82, 2.24) is 0 Å². The van der Waals surface area contributed by atoms with Crippen LogP contribution in [0.4, 0.5) is 0 Å². The van der Waals surface area contributed by atoms with Crippen molar-refractivity contribution in [3.8, 4) is 0 Å². The molecule has 0 aromatic heterocycles. The van der Waals surface area contributed by atoms with E-state index in [0.29, 0.717) is 24.7 Å². The van der Waals surface area contributed by atoms with Crippen molar-refractivity contribution >= 4 is 12.6 Å². The average Bonchev–Trinajstić information content (AvgIpc) is 2.66. The zero-order chi connectivity index (χ0) is 11.1. The van der Waals surface area contributed by atoms with Gasteiger partial charge >= 0.3 is 0 Å². The van der Waals surface area contributed by atoms with E-state index in [1.54, 1.807) is 0 Å². The summed E-state index contributed by atoms with van der Waals surface area (Å²) < 4.78 is 11.1. The quantitative estimate of drug-likeness (QED) is 0.537. The predicted molar refractivity (Wildman–Crippen MR) is 66.7 cm³/mol. The van der Waals surface area contributed by atoms with Crippen molar-refractivity contribution < 1.29 is 9.47 Å². The Balaban J connectivity index is 2.07. The molecule has 0 unspecified atom stereocenters. The first-order chi connectivity index (χ1) is 7.18. The summed E-state index contributed by atoms with van der Waals surface area (Å²) in [6.07, 6.45) is 5.54. The van der Waals surface area contributed by atoms with Crippen LogP contribution in [0.25, 0.3) is 0 Å². The summed E-state index contributed by atoms with van der Waals surface area (Å²) in [6.45, 7) is 6.38. The fourth-order valence-corrected chi connectivity index (χ4v) is 2.51. The molecule has 0 heterocycles. The molecular formula is C12H24O2S. The van der Waals surface area contributed by atoms with Crippen LogP contribution in [-0.4, -0.2) is 31.7 Å². The molecule has 15 heavy (non-hydrogen) atoms. The Morgan fingerprint density at radius 1 is 1.20 bits per heavy atom. The number of hydrogen-bond donors (Lipinski definition) is 1. The Morgan fingerprint density at radius 3 is 2.40 bits per heavy atom. The SMILES string of the molecule is CC(C)OCCOCC1(CS)CCCC1. The second kappa shape index (κ2) is 6.77. The van der Waals surface area contributed by atoms with Crippen LogP contribution in [0.1, 0.15) is 39.5 Å². The Hall–Kier alpha value is 0.270. The summed E-state index contributed by atoms with van der Waals surface area (Å²) in [5.41, 5.74) is 0.362. The number of rotatable bonds is 7. The molecule has 3 heteroatoms. The van der Waals surface area contributed by atoms with Gasteiger partial charge in [-0.3, -0.25) is 0 Å². The maximum absolute atomic E-state index is 5.69. The van der Waals surface area contributed by atoms with Gasteiger partial charge in [0.05, 0.1) is 25.9 Å². The molecule has 0 N–H and O–H groups in total. The highest BCUT2D eigenvalue weighted by molar-refractivity contribution is 7.80. The highest BCUT2D eigenvalue weighted by Crippen LogP contribution is 2.39. The summed E-state index contributed by atoms with van der Waals surface area (Å²) in [5.74, 6) is 0.956. The third-order valence-corrected chi connectivity index (χ3v) is 3.76. The largest absolute Gasteiger partial charge is 0.378 e. The van der Waals surface area contributed by atoms with Gasteiger partial charge in [0, 0.05) is 5.41 Å². The molecule has 1 aliphatic rings. The smallest absolute Gasteiger partial charge is 0.0703 e. The first-order valence-electron chi connectivity index (χ1n) is 5.99. The van der Waals surface area contributed by atoms with E-state index in [1.807, 2.05) is 13.8 Å². The molecule has 90 valence electrons. The molecule has 2 nitrogen and oxygen atoms in total. The Bertz CT molecular complexity index is 165. The van der Waals surface area contributed by atoms with Gasteiger partial charge < -0.3 is 9.47 Å². The summed E-state index contributed by atoms with van der Waals surface area (Å²) >= 11 is 4.45. The highest BCUT2D eigenvalue weighted by atomic mass is 32.1. The van der Waals surface area contributed by atoms with Crippen molar-refractivity contribution in [3.63, 3.8) is 0 Å². The fraction of sp³-hybridized carbons (Fsp3) is 1.00. The van der Waals surface area contributed by atoms with Crippen LogP contribution in [-0.2, 0) is 9.47 Å². The molecule has 0 aromatic carbocycles. The van der Waals surface area contributed by atoms with Gasteiger partial charge in [0.1, 0.15) is 0 Å². The molecule has 1 rings (SSSR count). The van der Waals surface area contributed by atoms with E-state index >= 15 is 0 Å². The maximum atomic E-state index is 5.69. The second-order valence-corrected chi connectivity index (χ2v) is 5.15. The number of ether oxygens (including phenoxy) is 2. The van der Waals surface area contributed by atoms with Crippen molar-refractivity contribution in [2.75, 3.05) is 25.6 Å². The first-order valence-corrected chi connectivity index (χ1v) is 6.62. The Morgan fingerprint density at radius 2 is 1.87 bits per heavy atom. The van der Waals surface area contributed by atoms with Gasteiger partial charge in [0.25, 0.3) is 0 Å². The van der Waals surface area contributed by atoms with Gasteiger partial charge in [-0.1, -0.05) is 12.8 Å². The standard InChI is InChI=1S/C12H24O2S/c1-11(2)14-8-7-13-9-12(10-15)5-3-4-6-12/h11,15H,3-10H2,1-2H3. The zero-order valence-corrected chi connectivity index (χ0v) is 10.9. The molecule has 0 saturated heterocycles. The molecule has 0 spiro atoms. The monoisotopic (exact) mass is 232 g/mol. The molecule has 0 aromatic rings. The van der Waals surface area contributed by atoms with E-state index in [0.717, 1.165) is 12.4 Å². The van der Waals surface area contributed by atoms with Crippen LogP contribution in [0.3, 0.4) is 0 Å². The molecule has 0 atom stereocenters. The van der Waals surface area contributed by atoms with Crippen LogP contribution in [0, 0.1) is 5.41 Å². The van der Waals surface area contributed by atoms with E-state index in [-0.39, 0.29) is 0 Å². The minimum atomic E-state index is 0.305. The van der Waals surface area contributed by atoms with Crippen molar-refractivity contribution in [3.05, 3.63) is 0 Å².